The molecule has 79 heavy (non-hydrogen) atoms. The van der Waals surface area contributed by atoms with Crippen LogP contribution in [-0.4, -0.2) is 126 Å². The quantitative estimate of drug-likeness (QED) is 0.0172. The minimum atomic E-state index is -4.71. The van der Waals surface area contributed by atoms with Crippen molar-refractivity contribution < 1.29 is 104 Å². The Bertz CT molecular complexity index is 2850. The summed E-state index contributed by atoms with van der Waals surface area (Å²) < 4.78 is 73.5. The fourth-order valence-corrected chi connectivity index (χ4v) is 10.8. The van der Waals surface area contributed by atoms with Crippen LogP contribution in [0, 0.1) is 0 Å². The Morgan fingerprint density at radius 3 is 1.68 bits per heavy atom. The van der Waals surface area contributed by atoms with Crippen molar-refractivity contribution in [2.75, 3.05) is 31.6 Å². The van der Waals surface area contributed by atoms with Gasteiger partial charge in [-0.15, -0.1) is 0 Å². The van der Waals surface area contributed by atoms with Crippen LogP contribution in [0.1, 0.15) is 154 Å². The van der Waals surface area contributed by atoms with Gasteiger partial charge in [-0.25, -0.2) is 31.2 Å². The Morgan fingerprint density at radius 1 is 0.620 bits per heavy atom. The van der Waals surface area contributed by atoms with E-state index < -0.39 is 73.5 Å². The third kappa shape index (κ3) is 20.9. The molecule has 21 nitrogen and oxygen atoms in total. The molecular formula is C55H77N6NaO15S2. The van der Waals surface area contributed by atoms with Crippen LogP contribution < -0.4 is 55.7 Å². The van der Waals surface area contributed by atoms with Crippen molar-refractivity contribution in [3.8, 4) is 0 Å². The van der Waals surface area contributed by atoms with Crippen molar-refractivity contribution in [1.82, 2.24) is 21.3 Å². The van der Waals surface area contributed by atoms with E-state index in [1.807, 2.05) is 74.6 Å². The van der Waals surface area contributed by atoms with Crippen LogP contribution in [0.5, 0.6) is 0 Å². The topological polar surface area (TPSA) is 332 Å². The van der Waals surface area contributed by atoms with Gasteiger partial charge in [-0.1, -0.05) is 83.1 Å². The SMILES string of the molecule is C[N+]1=C(/C=C/C=C/C=C2/N(CCCCCC(=O)NCCCCCCCCCCC(=O)NCCCC[C@H](NC(=O)N[C@@H](CCC(=O)O)C(=O)O)C(=O)O)c3cc(S(=O)(=O)[O-])ccc3C2(C)C)C(C)(C)c2cc(S(=O)(=O)[O-])ccc21.[Na+]. The molecule has 2 aliphatic heterocycles. The number of amides is 4. The number of rotatable bonds is 34. The monoisotopic (exact) mass is 1150 g/mol. The van der Waals surface area contributed by atoms with Crippen LogP contribution >= 0.6 is 0 Å². The van der Waals surface area contributed by atoms with Gasteiger partial charge >= 0.3 is 53.5 Å². The van der Waals surface area contributed by atoms with E-state index in [4.69, 9.17) is 5.11 Å². The maximum absolute atomic E-state index is 12.7. The van der Waals surface area contributed by atoms with Gasteiger partial charge in [-0.05, 0) is 101 Å². The number of carbonyl (C=O) groups is 6. The van der Waals surface area contributed by atoms with Crippen molar-refractivity contribution in [3.05, 3.63) is 83.6 Å². The molecule has 0 saturated carbocycles. The molecule has 0 bridgehead atoms. The summed E-state index contributed by atoms with van der Waals surface area (Å²) in [4.78, 5) is 72.2. The Labute approximate surface area is 486 Å². The molecule has 0 saturated heterocycles. The van der Waals surface area contributed by atoms with Crippen LogP contribution in [0.15, 0.2) is 82.3 Å². The number of nitrogens with zero attached hydrogens (tertiary/aromatic N) is 2. The molecule has 2 aliphatic rings. The molecule has 0 unspecified atom stereocenters. The first-order valence-corrected chi connectivity index (χ1v) is 29.4. The fourth-order valence-electron chi connectivity index (χ4n) is 9.84. The fraction of sp³-hybridized carbons (Fsp3) is 0.545. The van der Waals surface area contributed by atoms with E-state index in [0.717, 1.165) is 86.0 Å². The molecular weight excluding hydrogens is 1070 g/mol. The third-order valence-corrected chi connectivity index (χ3v) is 15.9. The third-order valence-electron chi connectivity index (χ3n) is 14.2. The number of benzene rings is 2. The second-order valence-electron chi connectivity index (χ2n) is 20.8. The first-order chi connectivity index (χ1) is 36.7. The summed E-state index contributed by atoms with van der Waals surface area (Å²) in [5.74, 6) is -4.11. The zero-order valence-corrected chi connectivity index (χ0v) is 49.9. The number of carboxylic acid groups (broad SMARTS) is 3. The molecule has 4 rings (SSSR count). The predicted octanol–water partition coefficient (Wildman–Crippen LogP) is 3.84. The Morgan fingerprint density at radius 2 is 1.13 bits per heavy atom. The van der Waals surface area contributed by atoms with E-state index in [0.29, 0.717) is 63.8 Å². The number of aliphatic carboxylic acids is 3. The van der Waals surface area contributed by atoms with Gasteiger partial charge in [0, 0.05) is 73.4 Å². The van der Waals surface area contributed by atoms with Gasteiger partial charge in [0.15, 0.2) is 5.71 Å². The number of carbonyl (C=O) groups excluding carboxylic acids is 3. The minimum absolute atomic E-state index is 0. The zero-order valence-electron chi connectivity index (χ0n) is 46.3. The second kappa shape index (κ2) is 31.5. The first-order valence-electron chi connectivity index (χ1n) is 26.6. The molecule has 0 radical (unpaired) electrons. The minimum Gasteiger partial charge on any atom is -0.744 e. The van der Waals surface area contributed by atoms with Gasteiger partial charge in [0.05, 0.1) is 15.2 Å². The van der Waals surface area contributed by atoms with Crippen LogP contribution in [0.2, 0.25) is 0 Å². The standard InChI is InChI=1S/C55H78N6O15S2.Na/c1-54(2)40-29-27-39(78(74,75)76)37-45(40)61(47(54)24-15-12-14-23-46-55(3,4)41-36-38(77(71,72)73)28-31-44(41)60(46)5)35-21-13-17-26-49(63)56-33-19-11-9-7-6-8-10-16-25-48(62)57-34-20-18-22-42(51(66)67)58-53(70)59-43(52(68)69)30-32-50(64)65;/h12,14-15,23-24,27-29,31,36-37,42-43H,6-11,13,16-22,25-26,30,32-35H2,1-5H3,(H8-,56,57,58,59,62,63,64,65,66,67,68,69,70,71,72,73,74,75,76);/q;+1/p-1/t42-,43-;/m0./s1. The number of unbranched alkanes of at least 4 members (excludes halogenated alkanes) is 10. The number of urea groups is 1. The van der Waals surface area contributed by atoms with Crippen LogP contribution in [0.4, 0.5) is 16.2 Å². The molecule has 0 fully saturated rings. The van der Waals surface area contributed by atoms with E-state index in [2.05, 4.69) is 21.3 Å². The number of hydrogen-bond acceptors (Lipinski definition) is 13. The molecule has 7 N–H and O–H groups in total. The van der Waals surface area contributed by atoms with Gasteiger partial charge in [-0.2, -0.15) is 4.58 Å². The van der Waals surface area contributed by atoms with Crippen LogP contribution in [0.3, 0.4) is 0 Å². The molecule has 4 amide bonds. The smallest absolute Gasteiger partial charge is 0.744 e. The van der Waals surface area contributed by atoms with E-state index >= 15 is 0 Å². The van der Waals surface area contributed by atoms with Crippen molar-refractivity contribution in [2.24, 2.45) is 0 Å². The Balaban J connectivity index is 0.0000164. The summed E-state index contributed by atoms with van der Waals surface area (Å²) in [7, 11) is -7.45. The van der Waals surface area contributed by atoms with Gasteiger partial charge < -0.3 is 50.6 Å². The molecule has 0 aliphatic carbocycles. The van der Waals surface area contributed by atoms with E-state index in [1.54, 1.807) is 12.1 Å². The average molecular weight is 1150 g/mol. The zero-order chi connectivity index (χ0) is 57.8. The second-order valence-corrected chi connectivity index (χ2v) is 23.6. The van der Waals surface area contributed by atoms with E-state index in [9.17, 15) is 64.9 Å². The molecule has 2 aromatic rings. The summed E-state index contributed by atoms with van der Waals surface area (Å²) in [6.45, 7) is 9.45. The maximum atomic E-state index is 12.7. The summed E-state index contributed by atoms with van der Waals surface area (Å²) in [5.41, 5.74) is 3.73. The van der Waals surface area contributed by atoms with E-state index in [-0.39, 0.29) is 64.0 Å². The summed E-state index contributed by atoms with van der Waals surface area (Å²) in [6, 6.07) is 5.04. The average Bonchev–Trinajstić information content (AvgIpc) is 3.99. The molecule has 2 heterocycles. The van der Waals surface area contributed by atoms with Gasteiger partial charge in [0.1, 0.15) is 39.4 Å². The van der Waals surface area contributed by atoms with Gasteiger partial charge in [0.2, 0.25) is 17.5 Å². The largest absolute Gasteiger partial charge is 1.00 e. The van der Waals surface area contributed by atoms with Crippen molar-refractivity contribution >= 4 is 73.1 Å². The van der Waals surface area contributed by atoms with Crippen LogP contribution in [0.25, 0.3) is 0 Å². The summed E-state index contributed by atoms with van der Waals surface area (Å²) >= 11 is 0. The predicted molar refractivity (Wildman–Crippen MR) is 291 cm³/mol. The number of nitrogens with one attached hydrogen (secondary N) is 4. The number of anilines is 1. The first kappa shape index (κ1) is 67.8. The van der Waals surface area contributed by atoms with Crippen molar-refractivity contribution in [2.45, 2.75) is 176 Å². The number of hydrogen-bond donors (Lipinski definition) is 7. The number of carboxylic acids is 3. The molecule has 0 aromatic heterocycles. The van der Waals surface area contributed by atoms with Crippen molar-refractivity contribution in [3.63, 3.8) is 0 Å². The molecule has 430 valence electrons. The molecule has 2 aromatic carbocycles. The maximum Gasteiger partial charge on any atom is 1.00 e. The molecule has 24 heteroatoms. The van der Waals surface area contributed by atoms with E-state index in [1.165, 1.54) is 24.3 Å². The van der Waals surface area contributed by atoms with Gasteiger partial charge in [0.25, 0.3) is 0 Å². The van der Waals surface area contributed by atoms with Crippen molar-refractivity contribution in [1.29, 1.82) is 0 Å². The molecule has 2 atom stereocenters. The Hall–Kier alpha value is -5.43. The molecule has 0 spiro atoms. The normalized spacial score (nSPS) is 15.8. The number of fused-ring (bicyclic) bond motifs is 2. The summed E-state index contributed by atoms with van der Waals surface area (Å²) in [5, 5.41) is 37.5. The number of allylic oxidation sites excluding steroid dienone is 6. The summed E-state index contributed by atoms with van der Waals surface area (Å²) in [6.07, 6.45) is 20.0. The van der Waals surface area contributed by atoms with Crippen LogP contribution in [-0.2, 0) is 55.0 Å². The van der Waals surface area contributed by atoms with Gasteiger partial charge in [-0.3, -0.25) is 14.4 Å². The Kier molecular flexibility index (Phi) is 27.1.